The fourth-order valence-electron chi connectivity index (χ4n) is 1.68. The third-order valence-electron chi connectivity index (χ3n) is 2.89. The molecular formula is C10H13N3O4. The van der Waals surface area contributed by atoms with Gasteiger partial charge in [0.2, 0.25) is 0 Å². The van der Waals surface area contributed by atoms with Crippen LogP contribution in [0.15, 0.2) is 16.9 Å². The fraction of sp³-hybridized carbons (Fsp3) is 0.500. The van der Waals surface area contributed by atoms with Gasteiger partial charge in [-0.25, -0.2) is 9.59 Å². The van der Waals surface area contributed by atoms with Crippen molar-refractivity contribution in [2.45, 2.75) is 31.3 Å². The van der Waals surface area contributed by atoms with Gasteiger partial charge in [0.05, 0.1) is 6.54 Å². The summed E-state index contributed by atoms with van der Waals surface area (Å²) < 4.78 is 4.60. The van der Waals surface area contributed by atoms with Crippen LogP contribution in [0.5, 0.6) is 0 Å². The van der Waals surface area contributed by atoms with E-state index in [1.165, 1.54) is 6.26 Å². The largest absolute Gasteiger partial charge is 0.480 e. The third-order valence-corrected chi connectivity index (χ3v) is 2.89. The van der Waals surface area contributed by atoms with Gasteiger partial charge in [-0.05, 0) is 19.3 Å². The summed E-state index contributed by atoms with van der Waals surface area (Å²) in [6.07, 6.45) is 3.16. The minimum atomic E-state index is -1.09. The Kier molecular flexibility index (Phi) is 2.99. The van der Waals surface area contributed by atoms with Gasteiger partial charge in [-0.15, -0.1) is 0 Å². The standard InChI is InChI=1S/C10H13N3O4/c14-8(15)10(3-1-4-10)12-9(16)11-6-7-2-5-17-13-7/h2,5H,1,3-4,6H2,(H,14,15)(H2,11,12,16). The van der Waals surface area contributed by atoms with E-state index in [9.17, 15) is 9.59 Å². The number of urea groups is 1. The summed E-state index contributed by atoms with van der Waals surface area (Å²) in [5.41, 5.74) is -0.508. The van der Waals surface area contributed by atoms with E-state index in [0.29, 0.717) is 18.5 Å². The molecule has 0 saturated heterocycles. The summed E-state index contributed by atoms with van der Waals surface area (Å²) in [7, 11) is 0. The maximum absolute atomic E-state index is 11.5. The second-order valence-electron chi connectivity index (χ2n) is 4.04. The van der Waals surface area contributed by atoms with Crippen molar-refractivity contribution < 1.29 is 19.2 Å². The monoisotopic (exact) mass is 239 g/mol. The van der Waals surface area contributed by atoms with Gasteiger partial charge in [-0.3, -0.25) is 0 Å². The van der Waals surface area contributed by atoms with Gasteiger partial charge in [-0.2, -0.15) is 0 Å². The van der Waals surface area contributed by atoms with Crippen molar-refractivity contribution >= 4 is 12.0 Å². The normalized spacial score (nSPS) is 16.9. The van der Waals surface area contributed by atoms with E-state index in [0.717, 1.165) is 6.42 Å². The molecule has 1 aromatic rings. The number of nitrogens with one attached hydrogen (secondary N) is 2. The summed E-state index contributed by atoms with van der Waals surface area (Å²) in [5, 5.41) is 17.6. The summed E-state index contributed by atoms with van der Waals surface area (Å²) in [4.78, 5) is 22.5. The number of carboxylic acids is 1. The lowest BCUT2D eigenvalue weighted by molar-refractivity contribution is -0.148. The van der Waals surface area contributed by atoms with Crippen molar-refractivity contribution in [1.29, 1.82) is 0 Å². The van der Waals surface area contributed by atoms with Gasteiger partial charge in [0, 0.05) is 6.07 Å². The predicted octanol–water partition coefficient (Wildman–Crippen LogP) is 0.481. The van der Waals surface area contributed by atoms with Crippen LogP contribution in [0.25, 0.3) is 0 Å². The van der Waals surface area contributed by atoms with Crippen molar-refractivity contribution in [3.05, 3.63) is 18.0 Å². The van der Waals surface area contributed by atoms with E-state index in [-0.39, 0.29) is 6.54 Å². The van der Waals surface area contributed by atoms with Crippen LogP contribution in [0, 0.1) is 0 Å². The lowest BCUT2D eigenvalue weighted by Gasteiger charge is -2.38. The van der Waals surface area contributed by atoms with E-state index in [4.69, 9.17) is 5.11 Å². The minimum Gasteiger partial charge on any atom is -0.480 e. The highest BCUT2D eigenvalue weighted by molar-refractivity contribution is 5.87. The Balaban J connectivity index is 1.83. The minimum absolute atomic E-state index is 0.206. The molecule has 1 fully saturated rings. The topological polar surface area (TPSA) is 104 Å². The van der Waals surface area contributed by atoms with Crippen LogP contribution in [-0.4, -0.2) is 27.8 Å². The van der Waals surface area contributed by atoms with E-state index in [1.807, 2.05) is 0 Å². The quantitative estimate of drug-likeness (QED) is 0.708. The zero-order chi connectivity index (χ0) is 12.3. The van der Waals surface area contributed by atoms with Crippen LogP contribution in [-0.2, 0) is 11.3 Å². The lowest BCUT2D eigenvalue weighted by atomic mass is 9.77. The van der Waals surface area contributed by atoms with Gasteiger partial charge >= 0.3 is 12.0 Å². The molecule has 1 aliphatic carbocycles. The van der Waals surface area contributed by atoms with Crippen molar-refractivity contribution in [3.63, 3.8) is 0 Å². The number of carbonyl (C=O) groups excluding carboxylic acids is 1. The number of amides is 2. The lowest BCUT2D eigenvalue weighted by Crippen LogP contribution is -2.61. The maximum atomic E-state index is 11.5. The van der Waals surface area contributed by atoms with Crippen molar-refractivity contribution in [3.8, 4) is 0 Å². The first-order valence-electron chi connectivity index (χ1n) is 5.31. The van der Waals surface area contributed by atoms with E-state index >= 15 is 0 Å². The maximum Gasteiger partial charge on any atom is 0.329 e. The summed E-state index contributed by atoms with van der Waals surface area (Å²) in [6.45, 7) is 0.206. The number of aromatic nitrogens is 1. The van der Waals surface area contributed by atoms with Gasteiger partial charge < -0.3 is 20.3 Å². The Morgan fingerprint density at radius 1 is 1.53 bits per heavy atom. The SMILES string of the molecule is O=C(NCc1ccon1)NC1(C(=O)O)CCC1. The highest BCUT2D eigenvalue weighted by atomic mass is 16.5. The van der Waals surface area contributed by atoms with Crippen molar-refractivity contribution in [2.75, 3.05) is 0 Å². The van der Waals surface area contributed by atoms with Gasteiger partial charge in [0.25, 0.3) is 0 Å². The van der Waals surface area contributed by atoms with Gasteiger partial charge in [0.1, 0.15) is 17.5 Å². The van der Waals surface area contributed by atoms with Crippen LogP contribution in [0.2, 0.25) is 0 Å². The molecule has 0 unspecified atom stereocenters. The van der Waals surface area contributed by atoms with Crippen LogP contribution in [0.1, 0.15) is 25.0 Å². The Labute approximate surface area is 97.2 Å². The summed E-state index contributed by atoms with van der Waals surface area (Å²) >= 11 is 0. The van der Waals surface area contributed by atoms with Crippen LogP contribution in [0.3, 0.4) is 0 Å². The number of hydrogen-bond donors (Lipinski definition) is 3. The molecule has 0 aliphatic heterocycles. The Morgan fingerprint density at radius 2 is 2.29 bits per heavy atom. The molecule has 1 aliphatic rings. The molecule has 0 radical (unpaired) electrons. The molecule has 7 nitrogen and oxygen atoms in total. The molecule has 7 heteroatoms. The zero-order valence-electron chi connectivity index (χ0n) is 9.10. The number of rotatable bonds is 4. The van der Waals surface area contributed by atoms with Gasteiger partial charge in [-0.1, -0.05) is 5.16 Å². The second kappa shape index (κ2) is 4.44. The molecule has 0 aromatic carbocycles. The number of nitrogens with zero attached hydrogens (tertiary/aromatic N) is 1. The molecule has 0 spiro atoms. The Hall–Kier alpha value is -2.05. The molecule has 1 heterocycles. The number of aliphatic carboxylic acids is 1. The van der Waals surface area contributed by atoms with Crippen LogP contribution >= 0.6 is 0 Å². The van der Waals surface area contributed by atoms with Crippen LogP contribution < -0.4 is 10.6 Å². The second-order valence-corrected chi connectivity index (χ2v) is 4.04. The molecular weight excluding hydrogens is 226 g/mol. The third kappa shape index (κ3) is 2.38. The van der Waals surface area contributed by atoms with Crippen LogP contribution in [0.4, 0.5) is 4.79 Å². The first-order valence-corrected chi connectivity index (χ1v) is 5.31. The van der Waals surface area contributed by atoms with E-state index < -0.39 is 17.5 Å². The highest BCUT2D eigenvalue weighted by Gasteiger charge is 2.45. The molecule has 92 valence electrons. The first-order chi connectivity index (χ1) is 8.12. The number of carboxylic acid groups (broad SMARTS) is 1. The van der Waals surface area contributed by atoms with Crippen molar-refractivity contribution in [2.24, 2.45) is 0 Å². The molecule has 3 N–H and O–H groups in total. The first kappa shape index (κ1) is 11.4. The van der Waals surface area contributed by atoms with Crippen molar-refractivity contribution in [1.82, 2.24) is 15.8 Å². The molecule has 1 aromatic heterocycles. The van der Waals surface area contributed by atoms with E-state index in [1.54, 1.807) is 6.07 Å². The average molecular weight is 239 g/mol. The van der Waals surface area contributed by atoms with Gasteiger partial charge in [0.15, 0.2) is 0 Å². The number of carbonyl (C=O) groups is 2. The molecule has 17 heavy (non-hydrogen) atoms. The molecule has 1 saturated carbocycles. The summed E-state index contributed by atoms with van der Waals surface area (Å²) in [6, 6.07) is 1.12. The number of hydrogen-bond acceptors (Lipinski definition) is 4. The smallest absolute Gasteiger partial charge is 0.329 e. The Morgan fingerprint density at radius 3 is 2.76 bits per heavy atom. The fourth-order valence-corrected chi connectivity index (χ4v) is 1.68. The van der Waals surface area contributed by atoms with E-state index in [2.05, 4.69) is 20.3 Å². The summed E-state index contributed by atoms with van der Waals surface area (Å²) in [5.74, 6) is -0.986. The molecule has 0 bridgehead atoms. The average Bonchev–Trinajstić information content (AvgIpc) is 2.72. The molecule has 0 atom stereocenters. The zero-order valence-corrected chi connectivity index (χ0v) is 9.10. The highest BCUT2D eigenvalue weighted by Crippen LogP contribution is 2.31. The Bertz CT molecular complexity index is 411. The molecule has 2 rings (SSSR count). The predicted molar refractivity (Wildman–Crippen MR) is 56.1 cm³/mol. The molecule has 2 amide bonds.